The fourth-order valence-corrected chi connectivity index (χ4v) is 2.56. The third kappa shape index (κ3) is 3.69. The molecule has 1 nitrogen and oxygen atoms in total. The van der Waals surface area contributed by atoms with Gasteiger partial charge in [-0.3, -0.25) is 0 Å². The molecule has 0 aliphatic carbocycles. The summed E-state index contributed by atoms with van der Waals surface area (Å²) in [6.45, 7) is 5.57. The molecule has 0 amide bonds. The second kappa shape index (κ2) is 7.14. The molecule has 0 aromatic heterocycles. The Balaban J connectivity index is 2.44. The Kier molecular flexibility index (Phi) is 5.48. The molecule has 0 saturated carbocycles. The summed E-state index contributed by atoms with van der Waals surface area (Å²) in [7, 11) is 0. The van der Waals surface area contributed by atoms with Crippen LogP contribution in [-0.2, 0) is 6.54 Å². The lowest BCUT2D eigenvalue weighted by atomic mass is 9.97. The van der Waals surface area contributed by atoms with Crippen molar-refractivity contribution in [2.75, 3.05) is 6.54 Å². The zero-order chi connectivity index (χ0) is 15.4. The van der Waals surface area contributed by atoms with Gasteiger partial charge in [-0.1, -0.05) is 19.1 Å². The molecule has 1 N–H and O–H groups in total. The first-order valence-corrected chi connectivity index (χ1v) is 7.78. The van der Waals surface area contributed by atoms with Crippen LogP contribution in [0.5, 0.6) is 0 Å². The van der Waals surface area contributed by atoms with Gasteiger partial charge in [0.05, 0.1) is 10.0 Å². The van der Waals surface area contributed by atoms with Crippen LogP contribution in [0.2, 0.25) is 0 Å². The first kappa shape index (κ1) is 16.1. The highest BCUT2D eigenvalue weighted by atomic mass is 79.9. The average Bonchev–Trinajstić information content (AvgIpc) is 2.46. The average molecular weight is 354 g/mol. The predicted octanol–water partition coefficient (Wildman–Crippen LogP) is 5.20. The minimum absolute atomic E-state index is 0.0271. The van der Waals surface area contributed by atoms with Crippen molar-refractivity contribution in [2.45, 2.75) is 26.8 Å². The molecule has 2 aromatic rings. The number of nitrogens with one attached hydrogen (secondary N) is 1. The summed E-state index contributed by atoms with van der Waals surface area (Å²) in [4.78, 5) is 0. The van der Waals surface area contributed by atoms with Crippen LogP contribution in [0.3, 0.4) is 0 Å². The summed E-state index contributed by atoms with van der Waals surface area (Å²) < 4.78 is 28.6. The van der Waals surface area contributed by atoms with E-state index in [1.807, 2.05) is 25.1 Å². The second-order valence-corrected chi connectivity index (χ2v) is 5.90. The van der Waals surface area contributed by atoms with Gasteiger partial charge in [0.25, 0.3) is 0 Å². The molecule has 0 saturated heterocycles. The van der Waals surface area contributed by atoms with Gasteiger partial charge in [0.2, 0.25) is 0 Å². The molecule has 0 heterocycles. The Morgan fingerprint density at radius 3 is 2.62 bits per heavy atom. The van der Waals surface area contributed by atoms with Crippen LogP contribution < -0.4 is 5.32 Å². The first-order valence-electron chi connectivity index (χ1n) is 6.98. The molecule has 4 heteroatoms. The minimum Gasteiger partial charge on any atom is -0.313 e. The molecule has 2 rings (SSSR count). The van der Waals surface area contributed by atoms with Gasteiger partial charge in [0.15, 0.2) is 0 Å². The number of halogens is 3. The van der Waals surface area contributed by atoms with Gasteiger partial charge in [-0.25, -0.2) is 8.78 Å². The number of rotatable bonds is 5. The molecule has 2 aromatic carbocycles. The maximum absolute atomic E-state index is 14.3. The minimum atomic E-state index is -0.559. The molecule has 0 aliphatic heterocycles. The van der Waals surface area contributed by atoms with E-state index in [0.29, 0.717) is 12.1 Å². The smallest absolute Gasteiger partial charge is 0.148 e. The Labute approximate surface area is 132 Å². The number of hydrogen-bond acceptors (Lipinski definition) is 1. The van der Waals surface area contributed by atoms with Crippen LogP contribution >= 0.6 is 15.9 Å². The molecule has 0 fully saturated rings. The van der Waals surface area contributed by atoms with E-state index in [1.165, 1.54) is 12.1 Å². The van der Waals surface area contributed by atoms with E-state index in [1.54, 1.807) is 0 Å². The largest absolute Gasteiger partial charge is 0.313 e. The summed E-state index contributed by atoms with van der Waals surface area (Å²) in [5.74, 6) is -1.10. The van der Waals surface area contributed by atoms with Crippen molar-refractivity contribution in [1.82, 2.24) is 5.32 Å². The molecule has 0 radical (unpaired) electrons. The number of aryl methyl sites for hydroxylation is 1. The highest BCUT2D eigenvalue weighted by molar-refractivity contribution is 9.10. The van der Waals surface area contributed by atoms with Crippen LogP contribution in [0.4, 0.5) is 8.78 Å². The van der Waals surface area contributed by atoms with Crippen molar-refractivity contribution in [3.63, 3.8) is 0 Å². The van der Waals surface area contributed by atoms with Crippen LogP contribution in [-0.4, -0.2) is 6.54 Å². The highest BCUT2D eigenvalue weighted by Gasteiger charge is 2.16. The second-order valence-electron chi connectivity index (χ2n) is 5.04. The number of hydrogen-bond donors (Lipinski definition) is 1. The summed E-state index contributed by atoms with van der Waals surface area (Å²) in [5, 5.41) is 3.29. The van der Waals surface area contributed by atoms with E-state index in [-0.39, 0.29) is 10.0 Å². The zero-order valence-electron chi connectivity index (χ0n) is 12.1. The Morgan fingerprint density at radius 2 is 1.90 bits per heavy atom. The van der Waals surface area contributed by atoms with Crippen molar-refractivity contribution in [2.24, 2.45) is 0 Å². The van der Waals surface area contributed by atoms with E-state index >= 15 is 0 Å². The monoisotopic (exact) mass is 353 g/mol. The Morgan fingerprint density at radius 1 is 1.14 bits per heavy atom. The van der Waals surface area contributed by atoms with Crippen molar-refractivity contribution >= 4 is 15.9 Å². The zero-order valence-corrected chi connectivity index (χ0v) is 13.7. The Bertz CT molecular complexity index is 641. The SMILES string of the molecule is CCCNCc1ccc(C)c(-c2c(F)ccc(Br)c2F)c1. The van der Waals surface area contributed by atoms with Crippen molar-refractivity contribution in [1.29, 1.82) is 0 Å². The van der Waals surface area contributed by atoms with E-state index in [4.69, 9.17) is 0 Å². The molecule has 21 heavy (non-hydrogen) atoms. The lowest BCUT2D eigenvalue weighted by molar-refractivity contribution is 0.585. The number of benzene rings is 2. The molecule has 0 unspecified atom stereocenters. The molecule has 0 bridgehead atoms. The van der Waals surface area contributed by atoms with Gasteiger partial charge in [-0.15, -0.1) is 0 Å². The predicted molar refractivity (Wildman–Crippen MR) is 86.2 cm³/mol. The van der Waals surface area contributed by atoms with Crippen molar-refractivity contribution in [3.8, 4) is 11.1 Å². The van der Waals surface area contributed by atoms with Crippen LogP contribution in [0.25, 0.3) is 11.1 Å². The fraction of sp³-hybridized carbons (Fsp3) is 0.294. The van der Waals surface area contributed by atoms with E-state index in [2.05, 4.69) is 28.2 Å². The van der Waals surface area contributed by atoms with Crippen molar-refractivity contribution in [3.05, 3.63) is 57.6 Å². The quantitative estimate of drug-likeness (QED) is 0.575. The first-order chi connectivity index (χ1) is 10.0. The van der Waals surface area contributed by atoms with E-state index < -0.39 is 11.6 Å². The molecule has 0 aliphatic rings. The molecule has 0 spiro atoms. The lowest BCUT2D eigenvalue weighted by Crippen LogP contribution is -2.13. The van der Waals surface area contributed by atoms with Gasteiger partial charge < -0.3 is 5.32 Å². The molecular formula is C17H18BrF2N. The van der Waals surface area contributed by atoms with Crippen LogP contribution in [0.1, 0.15) is 24.5 Å². The van der Waals surface area contributed by atoms with Crippen LogP contribution in [0, 0.1) is 18.6 Å². The van der Waals surface area contributed by atoms with E-state index in [0.717, 1.165) is 24.1 Å². The maximum atomic E-state index is 14.3. The molecular weight excluding hydrogens is 336 g/mol. The standard InChI is InChI=1S/C17H18BrF2N/c1-3-8-21-10-12-5-4-11(2)13(9-12)16-15(19)7-6-14(18)17(16)20/h4-7,9,21H,3,8,10H2,1-2H3. The van der Waals surface area contributed by atoms with Gasteiger partial charge in [0, 0.05) is 6.54 Å². The van der Waals surface area contributed by atoms with Gasteiger partial charge in [-0.05, 0) is 70.7 Å². The lowest BCUT2D eigenvalue weighted by Gasteiger charge is -2.12. The van der Waals surface area contributed by atoms with Crippen LogP contribution in [0.15, 0.2) is 34.8 Å². The summed E-state index contributed by atoms with van der Waals surface area (Å²) in [5.41, 5.74) is 2.49. The van der Waals surface area contributed by atoms with Crippen molar-refractivity contribution < 1.29 is 8.78 Å². The fourth-order valence-electron chi connectivity index (χ4n) is 2.23. The third-order valence-corrected chi connectivity index (χ3v) is 3.98. The van der Waals surface area contributed by atoms with Gasteiger partial charge in [-0.2, -0.15) is 0 Å². The molecule has 112 valence electrons. The van der Waals surface area contributed by atoms with Gasteiger partial charge >= 0.3 is 0 Å². The van der Waals surface area contributed by atoms with Gasteiger partial charge in [0.1, 0.15) is 11.6 Å². The van der Waals surface area contributed by atoms with E-state index in [9.17, 15) is 8.78 Å². The Hall–Kier alpha value is -1.26. The summed E-state index contributed by atoms with van der Waals surface area (Å²) >= 11 is 3.12. The highest BCUT2D eigenvalue weighted by Crippen LogP contribution is 2.33. The summed E-state index contributed by atoms with van der Waals surface area (Å²) in [6.07, 6.45) is 1.05. The molecule has 0 atom stereocenters. The maximum Gasteiger partial charge on any atom is 0.148 e. The summed E-state index contributed by atoms with van der Waals surface area (Å²) in [6, 6.07) is 8.40. The third-order valence-electron chi connectivity index (χ3n) is 3.37. The normalized spacial score (nSPS) is 10.9. The topological polar surface area (TPSA) is 12.0 Å².